The van der Waals surface area contributed by atoms with E-state index in [1.54, 1.807) is 27.0 Å². The van der Waals surface area contributed by atoms with Gasteiger partial charge >= 0.3 is 0 Å². The molecule has 0 atom stereocenters. The lowest BCUT2D eigenvalue weighted by Crippen LogP contribution is -2.39. The van der Waals surface area contributed by atoms with Crippen LogP contribution in [0.1, 0.15) is 13.8 Å². The van der Waals surface area contributed by atoms with Crippen molar-refractivity contribution in [2.75, 3.05) is 18.9 Å². The van der Waals surface area contributed by atoms with E-state index in [1.807, 2.05) is 0 Å². The highest BCUT2D eigenvalue weighted by molar-refractivity contribution is 7.89. The largest absolute Gasteiger partial charge is 0.387 e. The summed E-state index contributed by atoms with van der Waals surface area (Å²) in [7, 11) is -2.16. The number of hydrogen-bond acceptors (Lipinski definition) is 5. The van der Waals surface area contributed by atoms with E-state index < -0.39 is 10.0 Å². The topological polar surface area (TPSA) is 100 Å². The Balaban J connectivity index is 2.79. The molecule has 19 heavy (non-hydrogen) atoms. The molecule has 1 aromatic heterocycles. The molecule has 7 nitrogen and oxygen atoms in total. The zero-order valence-corrected chi connectivity index (χ0v) is 11.9. The number of hydrogen-bond donors (Lipinski definition) is 3. The third-order valence-corrected chi connectivity index (χ3v) is 3.64. The third-order valence-electron chi connectivity index (χ3n) is 2.22. The number of nitrogens with zero attached hydrogens (tertiary/aromatic N) is 1. The van der Waals surface area contributed by atoms with E-state index in [1.165, 1.54) is 12.4 Å². The number of aromatic nitrogens is 1. The van der Waals surface area contributed by atoms with Crippen molar-refractivity contribution in [1.29, 1.82) is 0 Å². The molecular formula is C11H18N4O3S. The fourth-order valence-electron chi connectivity index (χ4n) is 1.41. The maximum absolute atomic E-state index is 12.0. The predicted molar refractivity (Wildman–Crippen MR) is 72.3 cm³/mol. The van der Waals surface area contributed by atoms with Crippen LogP contribution < -0.4 is 15.4 Å². The number of carbonyl (C=O) groups excluding carboxylic acids is 1. The molecule has 1 aromatic rings. The Morgan fingerprint density at radius 1 is 1.42 bits per heavy atom. The molecule has 0 saturated heterocycles. The molecule has 0 aromatic carbocycles. The Morgan fingerprint density at radius 2 is 2.11 bits per heavy atom. The third kappa shape index (κ3) is 4.49. The van der Waals surface area contributed by atoms with Crippen LogP contribution in [0.3, 0.4) is 0 Å². The van der Waals surface area contributed by atoms with Crippen molar-refractivity contribution in [3.8, 4) is 0 Å². The molecule has 0 saturated carbocycles. The summed E-state index contributed by atoms with van der Waals surface area (Å²) in [5.41, 5.74) is 0.423. The Bertz CT molecular complexity index is 543. The van der Waals surface area contributed by atoms with E-state index in [0.717, 1.165) is 0 Å². The second-order valence-corrected chi connectivity index (χ2v) is 5.90. The molecule has 1 amide bonds. The molecule has 0 radical (unpaired) electrons. The Kier molecular flexibility index (Phi) is 5.25. The number of nitrogens with one attached hydrogen (secondary N) is 3. The number of rotatable bonds is 6. The first kappa shape index (κ1) is 15.4. The van der Waals surface area contributed by atoms with Crippen molar-refractivity contribution in [1.82, 2.24) is 15.0 Å². The summed E-state index contributed by atoms with van der Waals surface area (Å²) in [5.74, 6) is -0.381. The van der Waals surface area contributed by atoms with E-state index in [0.29, 0.717) is 5.69 Å². The molecule has 0 unspecified atom stereocenters. The molecular weight excluding hydrogens is 268 g/mol. The molecule has 0 aliphatic rings. The molecule has 3 N–H and O–H groups in total. The van der Waals surface area contributed by atoms with E-state index in [4.69, 9.17) is 0 Å². The number of anilines is 1. The summed E-state index contributed by atoms with van der Waals surface area (Å²) in [6.07, 6.45) is 2.71. The van der Waals surface area contributed by atoms with Gasteiger partial charge in [0.1, 0.15) is 4.90 Å². The summed E-state index contributed by atoms with van der Waals surface area (Å²) < 4.78 is 26.3. The lowest BCUT2D eigenvalue weighted by molar-refractivity contribution is -0.120. The summed E-state index contributed by atoms with van der Waals surface area (Å²) in [4.78, 5) is 15.2. The lowest BCUT2D eigenvalue weighted by atomic mass is 10.4. The molecule has 1 rings (SSSR count). The van der Waals surface area contributed by atoms with Gasteiger partial charge in [-0.15, -0.1) is 0 Å². The fraction of sp³-hybridized carbons (Fsp3) is 0.455. The first-order valence-corrected chi connectivity index (χ1v) is 7.26. The van der Waals surface area contributed by atoms with Crippen LogP contribution in [0.5, 0.6) is 0 Å². The first-order chi connectivity index (χ1) is 8.86. The molecule has 106 valence electrons. The maximum Gasteiger partial charge on any atom is 0.244 e. The highest BCUT2D eigenvalue weighted by Crippen LogP contribution is 2.18. The van der Waals surface area contributed by atoms with Crippen molar-refractivity contribution in [3.63, 3.8) is 0 Å². The number of pyridine rings is 1. The second kappa shape index (κ2) is 6.48. The van der Waals surface area contributed by atoms with Gasteiger partial charge < -0.3 is 10.6 Å². The quantitative estimate of drug-likeness (QED) is 0.679. The predicted octanol–water partition coefficient (Wildman–Crippen LogP) is -0.0738. The highest BCUT2D eigenvalue weighted by Gasteiger charge is 2.19. The zero-order chi connectivity index (χ0) is 14.5. The van der Waals surface area contributed by atoms with Crippen molar-refractivity contribution in [2.24, 2.45) is 0 Å². The van der Waals surface area contributed by atoms with Gasteiger partial charge in [-0.25, -0.2) is 13.1 Å². The minimum Gasteiger partial charge on any atom is -0.387 e. The Hall–Kier alpha value is -1.67. The van der Waals surface area contributed by atoms with Crippen molar-refractivity contribution >= 4 is 21.6 Å². The molecule has 0 fully saturated rings. The Morgan fingerprint density at radius 3 is 2.68 bits per heavy atom. The monoisotopic (exact) mass is 286 g/mol. The van der Waals surface area contributed by atoms with Crippen LogP contribution in [0.25, 0.3) is 0 Å². The summed E-state index contributed by atoms with van der Waals surface area (Å²) in [6, 6.07) is 1.51. The smallest absolute Gasteiger partial charge is 0.244 e. The van der Waals surface area contributed by atoms with Gasteiger partial charge in [-0.1, -0.05) is 0 Å². The maximum atomic E-state index is 12.0. The lowest BCUT2D eigenvalue weighted by Gasteiger charge is -2.11. The molecule has 0 bridgehead atoms. The summed E-state index contributed by atoms with van der Waals surface area (Å²) >= 11 is 0. The fourth-order valence-corrected chi connectivity index (χ4v) is 2.55. The van der Waals surface area contributed by atoms with Gasteiger partial charge in [0.2, 0.25) is 15.9 Å². The highest BCUT2D eigenvalue weighted by atomic mass is 32.2. The zero-order valence-electron chi connectivity index (χ0n) is 11.1. The van der Waals surface area contributed by atoms with Gasteiger partial charge in [-0.05, 0) is 19.9 Å². The van der Waals surface area contributed by atoms with Crippen LogP contribution in [0, 0.1) is 0 Å². The standard InChI is InChI=1S/C11H18N4O3S/c1-8(2)15-11(16)7-14-19(17,18)10-6-13-5-4-9(10)12-3/h4-6,8,14H,7H2,1-3H3,(H,12,13)(H,15,16). The molecule has 8 heteroatoms. The van der Waals surface area contributed by atoms with Crippen molar-refractivity contribution < 1.29 is 13.2 Å². The van der Waals surface area contributed by atoms with Gasteiger partial charge in [0, 0.05) is 25.5 Å². The van der Waals surface area contributed by atoms with Crippen LogP contribution in [0.4, 0.5) is 5.69 Å². The van der Waals surface area contributed by atoms with Crippen molar-refractivity contribution in [3.05, 3.63) is 18.5 Å². The number of sulfonamides is 1. The molecule has 0 spiro atoms. The van der Waals surface area contributed by atoms with Crippen molar-refractivity contribution in [2.45, 2.75) is 24.8 Å². The second-order valence-electron chi connectivity index (χ2n) is 4.17. The average Bonchev–Trinajstić information content (AvgIpc) is 2.36. The van der Waals surface area contributed by atoms with Crippen LogP contribution in [-0.4, -0.2) is 38.9 Å². The van der Waals surface area contributed by atoms with E-state index in [2.05, 4.69) is 20.3 Å². The van der Waals surface area contributed by atoms with E-state index in [-0.39, 0.29) is 23.4 Å². The van der Waals surface area contributed by atoms with Gasteiger partial charge in [-0.2, -0.15) is 0 Å². The van der Waals surface area contributed by atoms with E-state index in [9.17, 15) is 13.2 Å². The SMILES string of the molecule is CNc1ccncc1S(=O)(=O)NCC(=O)NC(C)C. The van der Waals surface area contributed by atoms with Crippen LogP contribution in [0.15, 0.2) is 23.4 Å². The van der Waals surface area contributed by atoms with Crippen LogP contribution in [0.2, 0.25) is 0 Å². The van der Waals surface area contributed by atoms with Gasteiger partial charge in [0.15, 0.2) is 0 Å². The number of carbonyl (C=O) groups is 1. The van der Waals surface area contributed by atoms with E-state index >= 15 is 0 Å². The average molecular weight is 286 g/mol. The minimum absolute atomic E-state index is 0.00912. The molecule has 0 aliphatic heterocycles. The molecule has 0 aliphatic carbocycles. The van der Waals surface area contributed by atoms with Gasteiger partial charge in [0.25, 0.3) is 0 Å². The van der Waals surface area contributed by atoms with Crippen LogP contribution >= 0.6 is 0 Å². The first-order valence-electron chi connectivity index (χ1n) is 5.77. The van der Waals surface area contributed by atoms with Gasteiger partial charge in [-0.3, -0.25) is 9.78 Å². The van der Waals surface area contributed by atoms with Gasteiger partial charge in [0.05, 0.1) is 12.2 Å². The van der Waals surface area contributed by atoms with Crippen LogP contribution in [-0.2, 0) is 14.8 Å². The number of amides is 1. The summed E-state index contributed by atoms with van der Waals surface area (Å²) in [6.45, 7) is 3.29. The normalized spacial score (nSPS) is 11.4. The minimum atomic E-state index is -3.77. The summed E-state index contributed by atoms with van der Waals surface area (Å²) in [5, 5.41) is 5.36. The Labute approximate surface area is 112 Å². The molecule has 1 heterocycles.